The van der Waals surface area contributed by atoms with Gasteiger partial charge < -0.3 is 5.11 Å². The highest BCUT2D eigenvalue weighted by molar-refractivity contribution is 7.89. The van der Waals surface area contributed by atoms with E-state index in [0.717, 1.165) is 12.8 Å². The van der Waals surface area contributed by atoms with Crippen LogP contribution in [-0.4, -0.2) is 26.0 Å². The van der Waals surface area contributed by atoms with Crippen molar-refractivity contribution in [1.29, 1.82) is 0 Å². The van der Waals surface area contributed by atoms with Crippen molar-refractivity contribution in [3.63, 3.8) is 0 Å². The quantitative estimate of drug-likeness (QED) is 0.872. The fourth-order valence-electron chi connectivity index (χ4n) is 2.45. The van der Waals surface area contributed by atoms with E-state index >= 15 is 0 Å². The van der Waals surface area contributed by atoms with E-state index in [1.807, 2.05) is 0 Å². The molecule has 0 atom stereocenters. The SMILES string of the molecule is O=C(O)C1(CNS(=O)(=O)c2ccc(Cl)cc2)CCCC1. The number of nitrogens with one attached hydrogen (secondary N) is 1. The van der Waals surface area contributed by atoms with Gasteiger partial charge in [-0.05, 0) is 37.1 Å². The molecule has 1 aromatic rings. The van der Waals surface area contributed by atoms with Crippen LogP contribution in [0.25, 0.3) is 0 Å². The Kier molecular flexibility index (Phi) is 4.36. The molecule has 0 saturated heterocycles. The molecule has 1 fully saturated rings. The summed E-state index contributed by atoms with van der Waals surface area (Å²) in [5.41, 5.74) is -0.973. The number of halogens is 1. The van der Waals surface area contributed by atoms with E-state index in [1.54, 1.807) is 0 Å². The number of benzene rings is 1. The van der Waals surface area contributed by atoms with Crippen LogP contribution in [0.1, 0.15) is 25.7 Å². The summed E-state index contributed by atoms with van der Waals surface area (Å²) in [6.45, 7) is -0.0761. The topological polar surface area (TPSA) is 83.5 Å². The van der Waals surface area contributed by atoms with Gasteiger partial charge in [-0.15, -0.1) is 0 Å². The maximum Gasteiger partial charge on any atom is 0.310 e. The predicted octanol–water partition coefficient (Wildman–Crippen LogP) is 2.26. The van der Waals surface area contributed by atoms with Crippen molar-refractivity contribution < 1.29 is 18.3 Å². The second-order valence-corrected chi connectivity index (χ2v) is 7.27. The molecule has 0 aliphatic heterocycles. The first-order chi connectivity index (χ1) is 9.36. The summed E-state index contributed by atoms with van der Waals surface area (Å²) in [5, 5.41) is 9.76. The van der Waals surface area contributed by atoms with Gasteiger partial charge in [0, 0.05) is 11.6 Å². The smallest absolute Gasteiger partial charge is 0.310 e. The van der Waals surface area contributed by atoms with Gasteiger partial charge in [0.1, 0.15) is 0 Å². The molecule has 1 aliphatic rings. The van der Waals surface area contributed by atoms with Crippen LogP contribution in [0.15, 0.2) is 29.2 Å². The normalized spacial score (nSPS) is 18.1. The minimum absolute atomic E-state index is 0.0761. The first-order valence-electron chi connectivity index (χ1n) is 6.34. The summed E-state index contributed by atoms with van der Waals surface area (Å²) < 4.78 is 26.6. The zero-order chi connectivity index (χ0) is 14.8. The predicted molar refractivity (Wildman–Crippen MR) is 75.2 cm³/mol. The van der Waals surface area contributed by atoms with Crippen LogP contribution in [-0.2, 0) is 14.8 Å². The second kappa shape index (κ2) is 5.71. The van der Waals surface area contributed by atoms with Crippen LogP contribution in [0.3, 0.4) is 0 Å². The van der Waals surface area contributed by atoms with E-state index in [0.29, 0.717) is 17.9 Å². The molecule has 1 aromatic carbocycles. The van der Waals surface area contributed by atoms with Crippen molar-refractivity contribution in [1.82, 2.24) is 4.72 Å². The highest BCUT2D eigenvalue weighted by atomic mass is 35.5. The van der Waals surface area contributed by atoms with Crippen molar-refractivity contribution in [2.24, 2.45) is 5.41 Å². The van der Waals surface area contributed by atoms with Gasteiger partial charge in [-0.3, -0.25) is 4.79 Å². The first-order valence-corrected chi connectivity index (χ1v) is 8.21. The molecule has 1 saturated carbocycles. The number of aliphatic carboxylic acids is 1. The molecule has 2 rings (SSSR count). The Labute approximate surface area is 123 Å². The van der Waals surface area contributed by atoms with E-state index in [2.05, 4.69) is 4.72 Å². The van der Waals surface area contributed by atoms with Gasteiger partial charge >= 0.3 is 5.97 Å². The van der Waals surface area contributed by atoms with Crippen molar-refractivity contribution >= 4 is 27.6 Å². The zero-order valence-electron chi connectivity index (χ0n) is 10.8. The molecule has 0 unspecified atom stereocenters. The Morgan fingerprint density at radius 1 is 1.25 bits per heavy atom. The van der Waals surface area contributed by atoms with Crippen LogP contribution in [0.4, 0.5) is 0 Å². The molecule has 0 heterocycles. The lowest BCUT2D eigenvalue weighted by molar-refractivity contribution is -0.148. The van der Waals surface area contributed by atoms with Crippen LogP contribution < -0.4 is 4.72 Å². The second-order valence-electron chi connectivity index (χ2n) is 5.07. The standard InChI is InChI=1S/C13H16ClNO4S/c14-10-3-5-11(6-4-10)20(18,19)15-9-13(12(16)17)7-1-2-8-13/h3-6,15H,1-2,7-9H2,(H,16,17). The number of hydrogen-bond donors (Lipinski definition) is 2. The molecule has 0 spiro atoms. The summed E-state index contributed by atoms with van der Waals surface area (Å²) in [6, 6.07) is 5.76. The van der Waals surface area contributed by atoms with E-state index in [-0.39, 0.29) is 11.4 Å². The molecule has 2 N–H and O–H groups in total. The molecule has 0 radical (unpaired) electrons. The summed E-state index contributed by atoms with van der Waals surface area (Å²) in [7, 11) is -3.71. The van der Waals surface area contributed by atoms with Crippen molar-refractivity contribution in [3.8, 4) is 0 Å². The van der Waals surface area contributed by atoms with Gasteiger partial charge in [-0.1, -0.05) is 24.4 Å². The molecule has 0 bridgehead atoms. The summed E-state index contributed by atoms with van der Waals surface area (Å²) in [5.74, 6) is -0.936. The Hall–Kier alpha value is -1.11. The Morgan fingerprint density at radius 3 is 2.30 bits per heavy atom. The Bertz CT molecular complexity index is 591. The molecule has 0 aromatic heterocycles. The van der Waals surface area contributed by atoms with E-state index in [4.69, 9.17) is 11.6 Å². The van der Waals surface area contributed by atoms with Crippen LogP contribution in [0, 0.1) is 5.41 Å². The van der Waals surface area contributed by atoms with Gasteiger partial charge in [-0.2, -0.15) is 0 Å². The maximum atomic E-state index is 12.1. The average molecular weight is 318 g/mol. The van der Waals surface area contributed by atoms with Crippen LogP contribution >= 0.6 is 11.6 Å². The van der Waals surface area contributed by atoms with E-state index in [1.165, 1.54) is 24.3 Å². The highest BCUT2D eigenvalue weighted by Gasteiger charge is 2.42. The lowest BCUT2D eigenvalue weighted by Gasteiger charge is -2.23. The van der Waals surface area contributed by atoms with Crippen molar-refractivity contribution in [2.45, 2.75) is 30.6 Å². The third kappa shape index (κ3) is 3.13. The fourth-order valence-corrected chi connectivity index (χ4v) is 3.70. The monoisotopic (exact) mass is 317 g/mol. The number of carboxylic acid groups (broad SMARTS) is 1. The fraction of sp³-hybridized carbons (Fsp3) is 0.462. The molecule has 1 aliphatic carbocycles. The average Bonchev–Trinajstić information content (AvgIpc) is 2.87. The number of hydrogen-bond acceptors (Lipinski definition) is 3. The van der Waals surface area contributed by atoms with Crippen molar-refractivity contribution in [2.75, 3.05) is 6.54 Å². The minimum atomic E-state index is -3.71. The first kappa shape index (κ1) is 15.3. The van der Waals surface area contributed by atoms with Gasteiger partial charge in [0.2, 0.25) is 10.0 Å². The van der Waals surface area contributed by atoms with Gasteiger partial charge in [0.25, 0.3) is 0 Å². The number of carbonyl (C=O) groups is 1. The summed E-state index contributed by atoms with van der Waals surface area (Å²) in [6.07, 6.45) is 2.64. The van der Waals surface area contributed by atoms with E-state index in [9.17, 15) is 18.3 Å². The minimum Gasteiger partial charge on any atom is -0.481 e. The van der Waals surface area contributed by atoms with Gasteiger partial charge in [0.05, 0.1) is 10.3 Å². The van der Waals surface area contributed by atoms with Gasteiger partial charge in [0.15, 0.2) is 0 Å². The third-order valence-corrected chi connectivity index (χ3v) is 5.41. The lowest BCUT2D eigenvalue weighted by atomic mass is 9.87. The molecule has 0 amide bonds. The number of carboxylic acids is 1. The van der Waals surface area contributed by atoms with Gasteiger partial charge in [-0.25, -0.2) is 13.1 Å². The van der Waals surface area contributed by atoms with Crippen LogP contribution in [0.5, 0.6) is 0 Å². The molecular formula is C13H16ClNO4S. The Balaban J connectivity index is 2.13. The molecule has 5 nitrogen and oxygen atoms in total. The third-order valence-electron chi connectivity index (χ3n) is 3.74. The zero-order valence-corrected chi connectivity index (χ0v) is 12.4. The summed E-state index contributed by atoms with van der Waals surface area (Å²) >= 11 is 5.71. The Morgan fingerprint density at radius 2 is 1.80 bits per heavy atom. The maximum absolute atomic E-state index is 12.1. The van der Waals surface area contributed by atoms with Crippen LogP contribution in [0.2, 0.25) is 5.02 Å². The largest absolute Gasteiger partial charge is 0.481 e. The molecule has 110 valence electrons. The molecular weight excluding hydrogens is 302 g/mol. The van der Waals surface area contributed by atoms with Crippen molar-refractivity contribution in [3.05, 3.63) is 29.3 Å². The summed E-state index contributed by atoms with van der Waals surface area (Å²) in [4.78, 5) is 11.5. The van der Waals surface area contributed by atoms with E-state index < -0.39 is 21.4 Å². The number of rotatable bonds is 5. The highest BCUT2D eigenvalue weighted by Crippen LogP contribution is 2.38. The number of sulfonamides is 1. The molecule has 7 heteroatoms. The molecule has 20 heavy (non-hydrogen) atoms. The lowest BCUT2D eigenvalue weighted by Crippen LogP contribution is -2.41.